The summed E-state index contributed by atoms with van der Waals surface area (Å²) in [4.78, 5) is 12.2. The molecule has 0 spiro atoms. The maximum Gasteiger partial charge on any atom is 0.257 e. The summed E-state index contributed by atoms with van der Waals surface area (Å²) in [6, 6.07) is 0. The number of nitrogens with one attached hydrogen (secondary N) is 1. The van der Waals surface area contributed by atoms with Crippen molar-refractivity contribution in [2.75, 3.05) is 13.2 Å². The first-order chi connectivity index (χ1) is 16.6. The average molecular weight is 465 g/mol. The zero-order valence-corrected chi connectivity index (χ0v) is 21.4. The van der Waals surface area contributed by atoms with Crippen molar-refractivity contribution in [2.24, 2.45) is 5.92 Å². The second-order valence-electron chi connectivity index (χ2n) is 10.1. The molecule has 0 atom stereocenters. The van der Waals surface area contributed by atoms with E-state index in [2.05, 4.69) is 32.3 Å². The summed E-state index contributed by atoms with van der Waals surface area (Å²) >= 11 is 0. The topological polar surface area (TPSA) is 38.3 Å². The third-order valence-corrected chi connectivity index (χ3v) is 7.34. The molecule has 0 aliphatic heterocycles. The molecule has 187 valence electrons. The number of allylic oxidation sites excluding steroid dienone is 5. The second-order valence-corrected chi connectivity index (χ2v) is 10.1. The molecule has 4 heteroatoms. The Hall–Kier alpha value is -1.97. The Balaban J connectivity index is 1.64. The summed E-state index contributed by atoms with van der Waals surface area (Å²) in [7, 11) is 2.75. The van der Waals surface area contributed by atoms with Crippen molar-refractivity contribution in [2.45, 2.75) is 102 Å². The minimum Gasteiger partial charge on any atom is -0.484 e. The van der Waals surface area contributed by atoms with Gasteiger partial charge in [0.25, 0.3) is 5.91 Å². The highest BCUT2D eigenvalue weighted by Crippen LogP contribution is 2.37. The zero-order valence-electron chi connectivity index (χ0n) is 21.4. The Morgan fingerprint density at radius 3 is 2.12 bits per heavy atom. The molecular weight excluding hydrogens is 417 g/mol. The van der Waals surface area contributed by atoms with Crippen LogP contribution in [0.15, 0.2) is 61.4 Å². The molecule has 0 unspecified atom stereocenters. The van der Waals surface area contributed by atoms with Gasteiger partial charge in [0.05, 0.1) is 0 Å². The Morgan fingerprint density at radius 2 is 1.50 bits per heavy atom. The average Bonchev–Trinajstić information content (AvgIpc) is 2.78. The van der Waals surface area contributed by atoms with Crippen LogP contribution in [0, 0.1) is 5.92 Å². The number of carbonyl (C=O) groups excluding carboxylic acids is 1. The van der Waals surface area contributed by atoms with Crippen molar-refractivity contribution in [1.82, 2.24) is 5.32 Å². The summed E-state index contributed by atoms with van der Waals surface area (Å²) in [5.74, 6) is 2.76. The highest BCUT2D eigenvalue weighted by Gasteiger charge is 2.22. The Morgan fingerprint density at radius 1 is 0.882 bits per heavy atom. The Bertz CT molecular complexity index is 678. The molecule has 1 radical (unpaired) electrons. The summed E-state index contributed by atoms with van der Waals surface area (Å²) in [5.41, 5.74) is 1.30. The summed E-state index contributed by atoms with van der Waals surface area (Å²) in [6.07, 6.45) is 27.2. The highest BCUT2D eigenvalue weighted by molar-refractivity contribution is 6.39. The third kappa shape index (κ3) is 11.9. The minimum absolute atomic E-state index is 0.00402. The summed E-state index contributed by atoms with van der Waals surface area (Å²) in [5, 5.41) is 2.97. The number of ether oxygens (including phenoxy) is 1. The van der Waals surface area contributed by atoms with E-state index in [-0.39, 0.29) is 12.5 Å². The van der Waals surface area contributed by atoms with Gasteiger partial charge in [-0.2, -0.15) is 0 Å². The first kappa shape index (κ1) is 28.3. The van der Waals surface area contributed by atoms with Crippen LogP contribution in [0.4, 0.5) is 0 Å². The van der Waals surface area contributed by atoms with Crippen molar-refractivity contribution in [3.05, 3.63) is 61.4 Å². The zero-order chi connectivity index (χ0) is 24.4. The van der Waals surface area contributed by atoms with Crippen molar-refractivity contribution >= 4 is 13.2 Å². The van der Waals surface area contributed by atoms with E-state index in [1.807, 2.05) is 0 Å². The quantitative estimate of drug-likeness (QED) is 0.138. The maximum atomic E-state index is 12.2. The van der Waals surface area contributed by atoms with Gasteiger partial charge in [0.15, 0.2) is 6.61 Å². The van der Waals surface area contributed by atoms with E-state index in [0.717, 1.165) is 18.1 Å². The summed E-state index contributed by atoms with van der Waals surface area (Å²) in [6.45, 7) is 12.3. The lowest BCUT2D eigenvalue weighted by Gasteiger charge is -2.28. The van der Waals surface area contributed by atoms with Crippen molar-refractivity contribution < 1.29 is 9.53 Å². The fourth-order valence-corrected chi connectivity index (χ4v) is 5.40. The lowest BCUT2D eigenvalue weighted by atomic mass is 9.49. The normalized spacial score (nSPS) is 23.1. The number of carbonyl (C=O) groups is 1. The summed E-state index contributed by atoms with van der Waals surface area (Å²) < 4.78 is 5.55. The third-order valence-electron chi connectivity index (χ3n) is 7.34. The highest BCUT2D eigenvalue weighted by atomic mass is 16.5. The standard InChI is InChI=1S/C30H47BNO2/c1-4-6-21-29(14-5-2)34-24-30(33)32-23-22-25(3)26-15-12-19-28(20-13-16-26)31-27-17-10-8-7-9-11-18-27/h4-6,14,21,26-28H,1-3,7-13,15-20,22-24H2,(H,32,33)/b21-6-,29-14+. The lowest BCUT2D eigenvalue weighted by molar-refractivity contribution is -0.124. The van der Waals surface area contributed by atoms with Crippen LogP contribution in [0.2, 0.25) is 11.6 Å². The van der Waals surface area contributed by atoms with Crippen molar-refractivity contribution in [3.63, 3.8) is 0 Å². The Kier molecular flexibility index (Phi) is 14.5. The number of amides is 1. The molecule has 2 saturated carbocycles. The van der Waals surface area contributed by atoms with Crippen LogP contribution in [0.1, 0.15) is 89.9 Å². The van der Waals surface area contributed by atoms with Gasteiger partial charge in [-0.25, -0.2) is 0 Å². The van der Waals surface area contributed by atoms with Crippen LogP contribution in [0.3, 0.4) is 0 Å². The molecule has 2 fully saturated rings. The van der Waals surface area contributed by atoms with E-state index in [0.29, 0.717) is 18.2 Å². The van der Waals surface area contributed by atoms with Gasteiger partial charge >= 0.3 is 0 Å². The van der Waals surface area contributed by atoms with E-state index < -0.39 is 0 Å². The molecule has 0 heterocycles. The number of rotatable bonds is 12. The lowest BCUT2D eigenvalue weighted by Crippen LogP contribution is -2.29. The largest absolute Gasteiger partial charge is 0.484 e. The first-order valence-corrected chi connectivity index (χ1v) is 13.7. The van der Waals surface area contributed by atoms with Crippen LogP contribution in [-0.4, -0.2) is 26.3 Å². The molecule has 34 heavy (non-hydrogen) atoms. The molecule has 0 aromatic heterocycles. The van der Waals surface area contributed by atoms with Crippen molar-refractivity contribution in [1.29, 1.82) is 0 Å². The van der Waals surface area contributed by atoms with Gasteiger partial charge in [-0.05, 0) is 37.3 Å². The first-order valence-electron chi connectivity index (χ1n) is 13.7. The fraction of sp³-hybridized carbons (Fsp3) is 0.633. The second kappa shape index (κ2) is 17.5. The predicted octanol–water partition coefficient (Wildman–Crippen LogP) is 7.87. The van der Waals surface area contributed by atoms with Gasteiger partial charge < -0.3 is 10.1 Å². The van der Waals surface area contributed by atoms with Gasteiger partial charge in [-0.15, -0.1) is 0 Å². The van der Waals surface area contributed by atoms with E-state index >= 15 is 0 Å². The van der Waals surface area contributed by atoms with Gasteiger partial charge in [0.1, 0.15) is 13.0 Å². The fourth-order valence-electron chi connectivity index (χ4n) is 5.40. The van der Waals surface area contributed by atoms with E-state index in [1.165, 1.54) is 89.0 Å². The number of hydrogen-bond acceptors (Lipinski definition) is 2. The smallest absolute Gasteiger partial charge is 0.257 e. The van der Waals surface area contributed by atoms with Crippen LogP contribution in [0.5, 0.6) is 0 Å². The van der Waals surface area contributed by atoms with E-state index in [1.54, 1.807) is 30.4 Å². The van der Waals surface area contributed by atoms with Gasteiger partial charge in [-0.3, -0.25) is 4.79 Å². The molecule has 2 aliphatic carbocycles. The minimum atomic E-state index is -0.111. The van der Waals surface area contributed by atoms with Gasteiger partial charge in [0.2, 0.25) is 0 Å². The molecule has 0 saturated heterocycles. The van der Waals surface area contributed by atoms with Crippen LogP contribution in [-0.2, 0) is 9.53 Å². The predicted molar refractivity (Wildman–Crippen MR) is 147 cm³/mol. The van der Waals surface area contributed by atoms with E-state index in [4.69, 9.17) is 4.74 Å². The maximum absolute atomic E-state index is 12.2. The molecule has 3 nitrogen and oxygen atoms in total. The monoisotopic (exact) mass is 464 g/mol. The molecule has 0 bridgehead atoms. The van der Waals surface area contributed by atoms with Crippen molar-refractivity contribution in [3.8, 4) is 0 Å². The molecule has 0 aromatic rings. The molecule has 0 aromatic carbocycles. The molecule has 1 N–H and O–H groups in total. The molecule has 2 rings (SSSR count). The molecule has 2 aliphatic rings. The van der Waals surface area contributed by atoms with Gasteiger partial charge in [0, 0.05) is 6.54 Å². The van der Waals surface area contributed by atoms with Crippen LogP contribution < -0.4 is 5.32 Å². The Labute approximate surface area is 210 Å². The molecule has 1 amide bonds. The SMILES string of the molecule is C=C/C=C\C(=C/C=C)OCC(=O)NCCC(=C)C1CCCC([B]C2CCCCCCC2)CCC1. The van der Waals surface area contributed by atoms with Gasteiger partial charge in [-0.1, -0.05) is 126 Å². The van der Waals surface area contributed by atoms with Crippen LogP contribution in [0.25, 0.3) is 0 Å². The van der Waals surface area contributed by atoms with Crippen LogP contribution >= 0.6 is 0 Å². The molecular formula is C30H47BNO2. The van der Waals surface area contributed by atoms with E-state index in [9.17, 15) is 4.79 Å². The number of hydrogen-bond donors (Lipinski definition) is 1.